The fourth-order valence-electron chi connectivity index (χ4n) is 5.13. The molecule has 12 heteroatoms. The van der Waals surface area contributed by atoms with Gasteiger partial charge in [0.25, 0.3) is 0 Å². The van der Waals surface area contributed by atoms with Gasteiger partial charge < -0.3 is 19.1 Å². The van der Waals surface area contributed by atoms with Crippen LogP contribution in [-0.4, -0.2) is 37.9 Å². The van der Waals surface area contributed by atoms with Gasteiger partial charge >= 0.3 is 18.2 Å². The molecule has 0 saturated carbocycles. The van der Waals surface area contributed by atoms with Gasteiger partial charge in [-0.15, -0.1) is 0 Å². The van der Waals surface area contributed by atoms with Crippen molar-refractivity contribution in [2.24, 2.45) is 5.92 Å². The molecule has 1 amide bonds. The van der Waals surface area contributed by atoms with Crippen LogP contribution in [0.15, 0.2) is 54.6 Å². The van der Waals surface area contributed by atoms with Crippen LogP contribution in [0.1, 0.15) is 73.4 Å². The minimum absolute atomic E-state index is 0.000330. The molecule has 4 aromatic rings. The van der Waals surface area contributed by atoms with Crippen molar-refractivity contribution >= 4 is 40.4 Å². The summed E-state index contributed by atoms with van der Waals surface area (Å²) in [6.07, 6.45) is -5.05. The van der Waals surface area contributed by atoms with Crippen molar-refractivity contribution in [2.75, 3.05) is 5.32 Å². The molecule has 0 bridgehead atoms. The van der Waals surface area contributed by atoms with Gasteiger partial charge in [0.15, 0.2) is 0 Å². The maximum atomic E-state index is 14.0. The molecule has 1 aromatic heterocycles. The van der Waals surface area contributed by atoms with Crippen LogP contribution in [0.2, 0.25) is 5.02 Å². The summed E-state index contributed by atoms with van der Waals surface area (Å²) in [7, 11) is 0. The molecule has 0 aliphatic rings. The Labute approximate surface area is 276 Å². The van der Waals surface area contributed by atoms with E-state index < -0.39 is 46.8 Å². The Hall–Kier alpha value is -4.25. The molecule has 4 rings (SSSR count). The molecule has 2 N–H and O–H groups in total. The summed E-state index contributed by atoms with van der Waals surface area (Å²) in [6, 6.07) is 11.5. The van der Waals surface area contributed by atoms with Crippen LogP contribution in [0.4, 0.5) is 23.7 Å². The van der Waals surface area contributed by atoms with E-state index in [0.29, 0.717) is 23.1 Å². The summed E-state index contributed by atoms with van der Waals surface area (Å²) in [6.45, 7) is 14.3. The molecule has 1 unspecified atom stereocenters. The number of fused-ring (bicyclic) bond motifs is 1. The third-order valence-electron chi connectivity index (χ3n) is 6.87. The number of hydrogen-bond donors (Lipinski definition) is 2. The van der Waals surface area contributed by atoms with E-state index >= 15 is 0 Å². The van der Waals surface area contributed by atoms with E-state index in [1.165, 1.54) is 30.3 Å². The number of phenols is 1. The maximum Gasteiger partial charge on any atom is 0.417 e. The molecule has 0 fully saturated rings. The van der Waals surface area contributed by atoms with Crippen molar-refractivity contribution in [1.82, 2.24) is 9.55 Å². The van der Waals surface area contributed by atoms with Crippen LogP contribution in [0.5, 0.6) is 5.75 Å². The zero-order chi connectivity index (χ0) is 35.1. The highest BCUT2D eigenvalue weighted by atomic mass is 35.5. The van der Waals surface area contributed by atoms with Crippen LogP contribution in [0, 0.1) is 5.92 Å². The van der Waals surface area contributed by atoms with E-state index in [9.17, 15) is 27.9 Å². The highest BCUT2D eigenvalue weighted by Gasteiger charge is 2.35. The first-order valence-electron chi connectivity index (χ1n) is 15.1. The van der Waals surface area contributed by atoms with Gasteiger partial charge in [-0.2, -0.15) is 13.2 Å². The number of imidazole rings is 1. The van der Waals surface area contributed by atoms with E-state index in [4.69, 9.17) is 26.1 Å². The number of anilines is 1. The Morgan fingerprint density at radius 2 is 1.57 bits per heavy atom. The molecule has 0 saturated heterocycles. The van der Waals surface area contributed by atoms with E-state index in [2.05, 4.69) is 5.32 Å². The molecule has 1 atom stereocenters. The predicted octanol–water partition coefficient (Wildman–Crippen LogP) is 10.0. The van der Waals surface area contributed by atoms with Crippen LogP contribution >= 0.6 is 11.6 Å². The maximum absolute atomic E-state index is 14.0. The second kappa shape index (κ2) is 13.1. The minimum atomic E-state index is -4.66. The average Bonchev–Trinajstić information content (AvgIpc) is 3.28. The van der Waals surface area contributed by atoms with Gasteiger partial charge in [0.1, 0.15) is 28.8 Å². The number of halogens is 4. The lowest BCUT2D eigenvalue weighted by Gasteiger charge is -2.27. The van der Waals surface area contributed by atoms with Gasteiger partial charge in [0.05, 0.1) is 27.2 Å². The zero-order valence-electron chi connectivity index (χ0n) is 27.5. The number of nitrogens with one attached hydrogen (secondary N) is 1. The number of alkyl halides is 3. The summed E-state index contributed by atoms with van der Waals surface area (Å²) in [5, 5.41) is 13.7. The summed E-state index contributed by atoms with van der Waals surface area (Å²) < 4.78 is 54.8. The number of esters is 1. The van der Waals surface area contributed by atoms with Crippen LogP contribution in [0.3, 0.4) is 0 Å². The van der Waals surface area contributed by atoms with Crippen molar-refractivity contribution in [3.05, 3.63) is 65.2 Å². The first-order valence-corrected chi connectivity index (χ1v) is 15.5. The second-order valence-corrected chi connectivity index (χ2v) is 14.1. The molecule has 8 nitrogen and oxygen atoms in total. The van der Waals surface area contributed by atoms with Crippen molar-refractivity contribution in [3.8, 4) is 28.3 Å². The molecule has 0 aliphatic carbocycles. The summed E-state index contributed by atoms with van der Waals surface area (Å²) in [5.74, 6) is -0.937. The number of carbonyl (C=O) groups is 2. The highest BCUT2D eigenvalue weighted by Crippen LogP contribution is 2.44. The first-order chi connectivity index (χ1) is 21.6. The number of benzene rings is 3. The summed E-state index contributed by atoms with van der Waals surface area (Å²) in [4.78, 5) is 31.1. The van der Waals surface area contributed by atoms with Gasteiger partial charge in [-0.25, -0.2) is 14.6 Å². The largest absolute Gasteiger partial charge is 0.506 e. The van der Waals surface area contributed by atoms with Crippen LogP contribution < -0.4 is 5.32 Å². The lowest BCUT2D eigenvalue weighted by molar-refractivity contribution is -0.159. The topological polar surface area (TPSA) is 103 Å². The lowest BCUT2D eigenvalue weighted by atomic mass is 9.96. The molecule has 47 heavy (non-hydrogen) atoms. The average molecular weight is 674 g/mol. The van der Waals surface area contributed by atoms with Crippen molar-refractivity contribution in [1.29, 1.82) is 0 Å². The number of phenolic OH excluding ortho intramolecular Hbond substituents is 1. The zero-order valence-corrected chi connectivity index (χ0v) is 28.3. The normalized spacial score (nSPS) is 13.1. The molecule has 0 spiro atoms. The van der Waals surface area contributed by atoms with Gasteiger partial charge in [-0.3, -0.25) is 5.32 Å². The van der Waals surface area contributed by atoms with Gasteiger partial charge in [0.2, 0.25) is 0 Å². The lowest BCUT2D eigenvalue weighted by Crippen LogP contribution is -2.31. The summed E-state index contributed by atoms with van der Waals surface area (Å²) in [5.41, 5.74) is -1.42. The van der Waals surface area contributed by atoms with E-state index in [0.717, 1.165) is 6.07 Å². The number of carbonyl (C=O) groups excluding carboxylic acids is 2. The smallest absolute Gasteiger partial charge is 0.417 e. The third kappa shape index (κ3) is 8.57. The predicted molar refractivity (Wildman–Crippen MR) is 176 cm³/mol. The second-order valence-electron chi connectivity index (χ2n) is 13.7. The monoisotopic (exact) mass is 673 g/mol. The molecule has 1 heterocycles. The fourth-order valence-corrected chi connectivity index (χ4v) is 5.35. The SMILES string of the molecule is CC(C)CC(C(=O)OC(C)(C)C)n1c(-c2cc(-c3ccccc3C(F)(F)F)cc(Cl)c2O)nc2cc(NC(=O)OC(C)(C)C)ccc21. The van der Waals surface area contributed by atoms with Crippen molar-refractivity contribution < 1.29 is 37.3 Å². The number of nitrogens with zero attached hydrogens (tertiary/aromatic N) is 2. The molecular formula is C35H39ClF3N3O5. The molecule has 252 valence electrons. The number of rotatable bonds is 7. The third-order valence-corrected chi connectivity index (χ3v) is 7.16. The van der Waals surface area contributed by atoms with Crippen molar-refractivity contribution in [2.45, 2.75) is 85.2 Å². The van der Waals surface area contributed by atoms with Gasteiger partial charge in [-0.1, -0.05) is 43.6 Å². The number of amides is 1. The Kier molecular flexibility index (Phi) is 9.92. The Morgan fingerprint density at radius 3 is 2.17 bits per heavy atom. The molecule has 3 aromatic carbocycles. The number of aromatic nitrogens is 2. The van der Waals surface area contributed by atoms with Gasteiger partial charge in [-0.05, 0) is 101 Å². The van der Waals surface area contributed by atoms with Crippen LogP contribution in [-0.2, 0) is 20.4 Å². The number of hydrogen-bond acceptors (Lipinski definition) is 6. The van der Waals surface area contributed by atoms with Gasteiger partial charge in [0, 0.05) is 5.69 Å². The quantitative estimate of drug-likeness (QED) is 0.189. The number of aromatic hydroxyl groups is 1. The fraction of sp³-hybridized carbons (Fsp3) is 0.400. The summed E-state index contributed by atoms with van der Waals surface area (Å²) >= 11 is 6.46. The highest BCUT2D eigenvalue weighted by molar-refractivity contribution is 6.32. The molecule has 0 radical (unpaired) electrons. The standard InChI is InChI=1S/C35H39ClF3N3O5/c1-19(2)15-28(31(44)46-33(3,4)5)42-27-14-13-21(40-32(45)47-34(6,7)8)18-26(27)41-30(42)23-16-20(17-25(36)29(23)43)22-11-9-10-12-24(22)35(37,38)39/h9-14,16-19,28,43H,15H2,1-8H3,(H,40,45). The van der Waals surface area contributed by atoms with Crippen molar-refractivity contribution in [3.63, 3.8) is 0 Å². The molecule has 0 aliphatic heterocycles. The van der Waals surface area contributed by atoms with Crippen LogP contribution in [0.25, 0.3) is 33.5 Å². The Bertz CT molecular complexity index is 1800. The minimum Gasteiger partial charge on any atom is -0.506 e. The Morgan fingerprint density at radius 1 is 0.936 bits per heavy atom. The van der Waals surface area contributed by atoms with E-state index in [-0.39, 0.29) is 33.5 Å². The van der Waals surface area contributed by atoms with E-state index in [1.54, 1.807) is 64.3 Å². The number of ether oxygens (including phenoxy) is 2. The molecular weight excluding hydrogens is 635 g/mol. The van der Waals surface area contributed by atoms with E-state index in [1.807, 2.05) is 13.8 Å². The Balaban J connectivity index is 2.01. The first kappa shape index (κ1) is 35.6.